The van der Waals surface area contributed by atoms with E-state index < -0.39 is 6.09 Å². The van der Waals surface area contributed by atoms with Crippen LogP contribution >= 0.6 is 0 Å². The largest absolute Gasteiger partial charge is 0.446 e. The fraction of sp³-hybridized carbons (Fsp3) is 0.933. The molecule has 0 spiro atoms. The molecule has 0 aromatic carbocycles. The molecule has 0 atom stereocenters. The van der Waals surface area contributed by atoms with Crippen molar-refractivity contribution in [3.8, 4) is 0 Å². The van der Waals surface area contributed by atoms with Gasteiger partial charge in [0.15, 0.2) is 0 Å². The molecule has 0 radical (unpaired) electrons. The second kappa shape index (κ2) is 16.2. The lowest BCUT2D eigenvalue weighted by Crippen LogP contribution is -2.38. The zero-order chi connectivity index (χ0) is 14.9. The van der Waals surface area contributed by atoms with Gasteiger partial charge in [0, 0.05) is 6.54 Å². The minimum absolute atomic E-state index is 0.0335. The molecule has 0 unspecified atom stereocenters. The number of carbonyl (C=O) groups excluding carboxylic acids is 1. The number of aliphatic hydroxyl groups is 1. The van der Waals surface area contributed by atoms with Crippen LogP contribution in [0.4, 0.5) is 4.79 Å². The summed E-state index contributed by atoms with van der Waals surface area (Å²) in [6.07, 6.45) is 12.5. The number of ether oxygens (including phenoxy) is 1. The van der Waals surface area contributed by atoms with Crippen LogP contribution in [-0.4, -0.2) is 31.0 Å². The van der Waals surface area contributed by atoms with E-state index in [1.807, 2.05) is 0 Å². The van der Waals surface area contributed by atoms with Crippen LogP contribution in [0.3, 0.4) is 0 Å². The fourth-order valence-corrected chi connectivity index (χ4v) is 2.01. The summed E-state index contributed by atoms with van der Waals surface area (Å²) in [6, 6.07) is 0. The second-order valence-electron chi connectivity index (χ2n) is 5.09. The molecule has 0 aromatic heterocycles. The highest BCUT2D eigenvalue weighted by Gasteiger charge is 1.98. The highest BCUT2D eigenvalue weighted by Crippen LogP contribution is 2.10. The number of unbranched alkanes of at least 4 members (excludes halogenated alkanes) is 9. The van der Waals surface area contributed by atoms with Gasteiger partial charge in [-0.05, 0) is 6.42 Å². The Kier molecular flexibility index (Phi) is 15.6. The Balaban J connectivity index is 3.04. The van der Waals surface area contributed by atoms with Crippen molar-refractivity contribution >= 4 is 6.09 Å². The number of hydrogen-bond donors (Lipinski definition) is 3. The van der Waals surface area contributed by atoms with Crippen LogP contribution < -0.4 is 10.9 Å². The number of hydrogen-bond acceptors (Lipinski definition) is 4. The highest BCUT2D eigenvalue weighted by atomic mass is 16.6. The van der Waals surface area contributed by atoms with Crippen molar-refractivity contribution in [1.82, 2.24) is 10.9 Å². The SMILES string of the molecule is CCCCCCCCCCCCNNC(=O)OCCO. The number of amides is 1. The monoisotopic (exact) mass is 288 g/mol. The molecule has 0 aliphatic carbocycles. The normalized spacial score (nSPS) is 10.5. The van der Waals surface area contributed by atoms with Crippen molar-refractivity contribution in [1.29, 1.82) is 0 Å². The van der Waals surface area contributed by atoms with Crippen LogP contribution in [0, 0.1) is 0 Å². The minimum Gasteiger partial charge on any atom is -0.446 e. The lowest BCUT2D eigenvalue weighted by Gasteiger charge is -2.07. The van der Waals surface area contributed by atoms with Gasteiger partial charge in [0.1, 0.15) is 6.61 Å². The summed E-state index contributed by atoms with van der Waals surface area (Å²) in [7, 11) is 0. The molecule has 0 fully saturated rings. The molecule has 0 heterocycles. The maximum absolute atomic E-state index is 11.0. The topological polar surface area (TPSA) is 70.6 Å². The molecule has 0 saturated heterocycles. The van der Waals surface area contributed by atoms with Crippen LogP contribution in [0.15, 0.2) is 0 Å². The molecule has 120 valence electrons. The molecule has 0 aromatic rings. The summed E-state index contributed by atoms with van der Waals surface area (Å²) in [5, 5.41) is 8.46. The van der Waals surface area contributed by atoms with Crippen LogP contribution in [0.25, 0.3) is 0 Å². The molecule has 0 bridgehead atoms. The first-order valence-corrected chi connectivity index (χ1v) is 8.07. The number of hydrazine groups is 1. The molecule has 0 aliphatic heterocycles. The third-order valence-electron chi connectivity index (χ3n) is 3.17. The van der Waals surface area contributed by atoms with Gasteiger partial charge < -0.3 is 9.84 Å². The van der Waals surface area contributed by atoms with Gasteiger partial charge in [0.05, 0.1) is 6.61 Å². The van der Waals surface area contributed by atoms with E-state index >= 15 is 0 Å². The quantitative estimate of drug-likeness (QED) is 0.339. The molecular weight excluding hydrogens is 256 g/mol. The second-order valence-corrected chi connectivity index (χ2v) is 5.09. The maximum Gasteiger partial charge on any atom is 0.421 e. The molecule has 0 aliphatic rings. The lowest BCUT2D eigenvalue weighted by molar-refractivity contribution is 0.115. The van der Waals surface area contributed by atoms with Gasteiger partial charge >= 0.3 is 6.09 Å². The van der Waals surface area contributed by atoms with Gasteiger partial charge in [-0.1, -0.05) is 64.7 Å². The third kappa shape index (κ3) is 15.2. The Hall–Kier alpha value is -0.810. The predicted molar refractivity (Wildman–Crippen MR) is 81.4 cm³/mol. The van der Waals surface area contributed by atoms with Crippen molar-refractivity contribution in [2.45, 2.75) is 71.1 Å². The summed E-state index contributed by atoms with van der Waals surface area (Å²) < 4.78 is 4.63. The van der Waals surface area contributed by atoms with E-state index in [1.165, 1.54) is 57.8 Å². The molecule has 20 heavy (non-hydrogen) atoms. The predicted octanol–water partition coefficient (Wildman–Crippen LogP) is 3.13. The first-order chi connectivity index (χ1) is 9.81. The van der Waals surface area contributed by atoms with Gasteiger partial charge in [-0.2, -0.15) is 0 Å². The Morgan fingerprint density at radius 3 is 2.05 bits per heavy atom. The Labute approximate surface area is 123 Å². The van der Waals surface area contributed by atoms with Crippen LogP contribution in [-0.2, 0) is 4.74 Å². The zero-order valence-corrected chi connectivity index (χ0v) is 13.0. The molecule has 0 saturated carbocycles. The van der Waals surface area contributed by atoms with Gasteiger partial charge in [-0.25, -0.2) is 10.2 Å². The first-order valence-electron chi connectivity index (χ1n) is 8.07. The molecule has 0 rings (SSSR count). The van der Waals surface area contributed by atoms with Crippen molar-refractivity contribution in [3.05, 3.63) is 0 Å². The lowest BCUT2D eigenvalue weighted by atomic mass is 10.1. The van der Waals surface area contributed by atoms with E-state index in [0.717, 1.165) is 13.0 Å². The Morgan fingerprint density at radius 2 is 1.50 bits per heavy atom. The average molecular weight is 288 g/mol. The number of nitrogens with one attached hydrogen (secondary N) is 2. The molecule has 5 nitrogen and oxygen atoms in total. The van der Waals surface area contributed by atoms with Gasteiger partial charge in [0.25, 0.3) is 0 Å². The van der Waals surface area contributed by atoms with Crippen molar-refractivity contribution in [2.24, 2.45) is 0 Å². The Morgan fingerprint density at radius 1 is 0.950 bits per heavy atom. The summed E-state index contributed by atoms with van der Waals surface area (Å²) in [6.45, 7) is 2.89. The molecule has 1 amide bonds. The molecule has 5 heteroatoms. The van der Waals surface area contributed by atoms with Crippen LogP contribution in [0.1, 0.15) is 71.1 Å². The third-order valence-corrected chi connectivity index (χ3v) is 3.17. The molecular formula is C15H32N2O3. The van der Waals surface area contributed by atoms with Gasteiger partial charge in [-0.15, -0.1) is 0 Å². The van der Waals surface area contributed by atoms with Crippen LogP contribution in [0.2, 0.25) is 0 Å². The Bertz CT molecular complexity index is 213. The highest BCUT2D eigenvalue weighted by molar-refractivity contribution is 5.66. The summed E-state index contributed by atoms with van der Waals surface area (Å²) >= 11 is 0. The fourth-order valence-electron chi connectivity index (χ4n) is 2.01. The summed E-state index contributed by atoms with van der Waals surface area (Å²) in [5.74, 6) is 0. The van der Waals surface area contributed by atoms with Gasteiger partial charge in [0.2, 0.25) is 0 Å². The van der Waals surface area contributed by atoms with Gasteiger partial charge in [-0.3, -0.25) is 5.43 Å². The van der Waals surface area contributed by atoms with E-state index in [1.54, 1.807) is 0 Å². The van der Waals surface area contributed by atoms with Crippen LogP contribution in [0.5, 0.6) is 0 Å². The van der Waals surface area contributed by atoms with Crippen molar-refractivity contribution in [2.75, 3.05) is 19.8 Å². The van der Waals surface area contributed by atoms with E-state index in [4.69, 9.17) is 5.11 Å². The minimum atomic E-state index is -0.536. The maximum atomic E-state index is 11.0. The average Bonchev–Trinajstić information content (AvgIpc) is 2.46. The standard InChI is InChI=1S/C15H32N2O3/c1-2-3-4-5-6-7-8-9-10-11-12-16-17-15(19)20-14-13-18/h16,18H,2-14H2,1H3,(H,17,19). The van der Waals surface area contributed by atoms with E-state index in [9.17, 15) is 4.79 Å². The molecule has 3 N–H and O–H groups in total. The summed E-state index contributed by atoms with van der Waals surface area (Å²) in [5.41, 5.74) is 5.24. The first kappa shape index (κ1) is 19.2. The van der Waals surface area contributed by atoms with Crippen molar-refractivity contribution < 1.29 is 14.6 Å². The van der Waals surface area contributed by atoms with E-state index in [2.05, 4.69) is 22.5 Å². The van der Waals surface area contributed by atoms with Crippen molar-refractivity contribution in [3.63, 3.8) is 0 Å². The smallest absolute Gasteiger partial charge is 0.421 e. The summed E-state index contributed by atoms with van der Waals surface area (Å²) in [4.78, 5) is 11.0. The van der Waals surface area contributed by atoms with E-state index in [-0.39, 0.29) is 13.2 Å². The number of carbonyl (C=O) groups is 1. The number of rotatable bonds is 14. The zero-order valence-electron chi connectivity index (χ0n) is 13.0. The van der Waals surface area contributed by atoms with E-state index in [0.29, 0.717) is 0 Å². The number of aliphatic hydroxyl groups excluding tert-OH is 1.